The lowest BCUT2D eigenvalue weighted by molar-refractivity contribution is -0.138. The number of anilines is 1. The second kappa shape index (κ2) is 8.92. The zero-order valence-corrected chi connectivity index (χ0v) is 17.6. The molecule has 4 rings (SSSR count). The van der Waals surface area contributed by atoms with Crippen molar-refractivity contribution < 1.29 is 36.7 Å². The fourth-order valence-electron chi connectivity index (χ4n) is 4.12. The van der Waals surface area contributed by atoms with Gasteiger partial charge in [-0.15, -0.1) is 0 Å². The van der Waals surface area contributed by atoms with E-state index in [0.717, 1.165) is 10.6 Å². The Balaban J connectivity index is 1.90. The van der Waals surface area contributed by atoms with Gasteiger partial charge in [0.05, 0.1) is 29.8 Å². The molecule has 0 amide bonds. The number of aromatic nitrogens is 2. The second-order valence-corrected chi connectivity index (χ2v) is 7.82. The number of nitrogens with zero attached hydrogens (tertiary/aromatic N) is 3. The Hall–Kier alpha value is -2.70. The third-order valence-corrected chi connectivity index (χ3v) is 5.83. The number of hydrogen-bond donors (Lipinski definition) is 2. The van der Waals surface area contributed by atoms with Crippen molar-refractivity contribution >= 4 is 29.3 Å². The van der Waals surface area contributed by atoms with Crippen LogP contribution in [0, 0.1) is 6.92 Å². The van der Waals surface area contributed by atoms with Crippen LogP contribution in [0.5, 0.6) is 0 Å². The molecule has 1 saturated heterocycles. The molecule has 12 heteroatoms. The maximum Gasteiger partial charge on any atom is 0.490 e. The highest BCUT2D eigenvalue weighted by atomic mass is 19.4. The average molecular weight is 469 g/mol. The van der Waals surface area contributed by atoms with Crippen LogP contribution in [0.4, 0.5) is 27.6 Å². The number of alkyl halides is 5. The van der Waals surface area contributed by atoms with E-state index in [1.807, 2.05) is 4.90 Å². The summed E-state index contributed by atoms with van der Waals surface area (Å²) in [6.07, 6.45) is -7.61. The van der Waals surface area contributed by atoms with Crippen molar-refractivity contribution in [3.8, 4) is 0 Å². The predicted octanol–water partition coefficient (Wildman–Crippen LogP) is 2.87. The summed E-state index contributed by atoms with van der Waals surface area (Å²) in [5.41, 5.74) is -0.0839. The van der Waals surface area contributed by atoms with Gasteiger partial charge in [0.2, 0.25) is 0 Å². The lowest BCUT2D eigenvalue weighted by Gasteiger charge is -2.29. The molecule has 1 aliphatic heterocycles. The van der Waals surface area contributed by atoms with Gasteiger partial charge in [-0.3, -0.25) is 0 Å². The fourth-order valence-corrected chi connectivity index (χ4v) is 4.12. The molecule has 3 aromatic rings. The van der Waals surface area contributed by atoms with E-state index in [0.29, 0.717) is 32.0 Å². The summed E-state index contributed by atoms with van der Waals surface area (Å²) in [5, 5.41) is 19.8. The number of ether oxygens (including phenoxy) is 1. The van der Waals surface area contributed by atoms with E-state index in [4.69, 9.17) is 4.74 Å². The SMILES string of the molecule is Cc1c(Cn2c(C(F)F)nc3c(B(O)O)cc(N4CCOCC4)cc32)cccc1C(F)(F)F. The minimum Gasteiger partial charge on any atom is -0.423 e. The maximum absolute atomic E-state index is 13.9. The minimum absolute atomic E-state index is 0.0399. The van der Waals surface area contributed by atoms with E-state index in [9.17, 15) is 32.0 Å². The van der Waals surface area contributed by atoms with Crippen molar-refractivity contribution in [1.82, 2.24) is 9.55 Å². The molecular weight excluding hydrogens is 448 g/mol. The summed E-state index contributed by atoms with van der Waals surface area (Å²) in [7, 11) is -1.97. The summed E-state index contributed by atoms with van der Waals surface area (Å²) >= 11 is 0. The molecular formula is C21H21BF5N3O3. The zero-order chi connectivity index (χ0) is 23.9. The van der Waals surface area contributed by atoms with Gasteiger partial charge in [-0.05, 0) is 36.2 Å². The number of halogens is 5. The van der Waals surface area contributed by atoms with Gasteiger partial charge < -0.3 is 24.3 Å². The van der Waals surface area contributed by atoms with E-state index in [1.54, 1.807) is 6.07 Å². The number of imidazole rings is 1. The average Bonchev–Trinajstić information content (AvgIpc) is 3.13. The Morgan fingerprint density at radius 3 is 2.45 bits per heavy atom. The summed E-state index contributed by atoms with van der Waals surface area (Å²) in [6.45, 7) is 2.91. The highest BCUT2D eigenvalue weighted by Crippen LogP contribution is 2.34. The van der Waals surface area contributed by atoms with Gasteiger partial charge in [0.25, 0.3) is 6.43 Å². The summed E-state index contributed by atoms with van der Waals surface area (Å²) in [5.74, 6) is -0.664. The van der Waals surface area contributed by atoms with Crippen molar-refractivity contribution in [1.29, 1.82) is 0 Å². The largest absolute Gasteiger partial charge is 0.490 e. The molecule has 1 aromatic heterocycles. The van der Waals surface area contributed by atoms with Gasteiger partial charge >= 0.3 is 13.3 Å². The first-order valence-electron chi connectivity index (χ1n) is 10.2. The molecule has 0 aliphatic carbocycles. The van der Waals surface area contributed by atoms with Crippen LogP contribution < -0.4 is 10.4 Å². The van der Waals surface area contributed by atoms with Crippen LogP contribution in [-0.4, -0.2) is 53.0 Å². The standard InChI is InChI=1S/C21H21BF5N3O3/c1-12-13(3-2-4-15(12)21(25,26)27)11-30-17-10-14(29-5-7-33-8-6-29)9-16(22(31)32)18(17)28-20(30)19(23)24/h2-4,9-10,19,31-32H,5-8,11H2,1H3. The van der Waals surface area contributed by atoms with Crippen LogP contribution in [-0.2, 0) is 17.5 Å². The van der Waals surface area contributed by atoms with Crippen LogP contribution in [0.3, 0.4) is 0 Å². The van der Waals surface area contributed by atoms with E-state index < -0.39 is 31.1 Å². The summed E-state index contributed by atoms with van der Waals surface area (Å²) in [4.78, 5) is 5.85. The smallest absolute Gasteiger partial charge is 0.423 e. The molecule has 0 atom stereocenters. The van der Waals surface area contributed by atoms with Crippen molar-refractivity contribution in [2.75, 3.05) is 31.2 Å². The molecule has 2 aromatic carbocycles. The van der Waals surface area contributed by atoms with E-state index in [1.165, 1.54) is 25.1 Å². The molecule has 0 spiro atoms. The van der Waals surface area contributed by atoms with Gasteiger partial charge in [0, 0.05) is 30.8 Å². The first-order chi connectivity index (χ1) is 15.6. The number of rotatable bonds is 5. The van der Waals surface area contributed by atoms with Crippen molar-refractivity contribution in [2.24, 2.45) is 0 Å². The molecule has 0 radical (unpaired) electrons. The molecule has 0 bridgehead atoms. The lowest BCUT2D eigenvalue weighted by atomic mass is 9.79. The van der Waals surface area contributed by atoms with Crippen molar-refractivity contribution in [2.45, 2.75) is 26.1 Å². The van der Waals surface area contributed by atoms with Crippen molar-refractivity contribution in [3.63, 3.8) is 0 Å². The molecule has 1 aliphatic rings. The van der Waals surface area contributed by atoms with Gasteiger partial charge in [-0.2, -0.15) is 13.2 Å². The number of fused-ring (bicyclic) bond motifs is 1. The topological polar surface area (TPSA) is 70.8 Å². The van der Waals surface area contributed by atoms with Gasteiger partial charge in [-0.1, -0.05) is 12.1 Å². The third-order valence-electron chi connectivity index (χ3n) is 5.83. The van der Waals surface area contributed by atoms with Crippen LogP contribution in [0.15, 0.2) is 30.3 Å². The Morgan fingerprint density at radius 1 is 1.15 bits per heavy atom. The number of morpholine rings is 1. The Morgan fingerprint density at radius 2 is 1.85 bits per heavy atom. The zero-order valence-electron chi connectivity index (χ0n) is 17.6. The highest BCUT2D eigenvalue weighted by molar-refractivity contribution is 6.61. The molecule has 0 unspecified atom stereocenters. The van der Waals surface area contributed by atoms with Crippen LogP contribution in [0.2, 0.25) is 0 Å². The molecule has 6 nitrogen and oxygen atoms in total. The summed E-state index contributed by atoms with van der Waals surface area (Å²) < 4.78 is 74.4. The monoisotopic (exact) mass is 469 g/mol. The Kier molecular flexibility index (Phi) is 6.34. The first kappa shape index (κ1) is 23.5. The Bertz CT molecular complexity index is 1160. The molecule has 1 fully saturated rings. The highest BCUT2D eigenvalue weighted by Gasteiger charge is 2.33. The van der Waals surface area contributed by atoms with Crippen LogP contribution >= 0.6 is 0 Å². The molecule has 2 heterocycles. The first-order valence-corrected chi connectivity index (χ1v) is 10.2. The van der Waals surface area contributed by atoms with Gasteiger partial charge in [0.1, 0.15) is 0 Å². The lowest BCUT2D eigenvalue weighted by Crippen LogP contribution is -2.38. The van der Waals surface area contributed by atoms with Crippen LogP contribution in [0.25, 0.3) is 11.0 Å². The van der Waals surface area contributed by atoms with Gasteiger partial charge in [-0.25, -0.2) is 13.8 Å². The third kappa shape index (κ3) is 4.55. The van der Waals surface area contributed by atoms with Crippen molar-refractivity contribution in [3.05, 3.63) is 52.8 Å². The normalized spacial score (nSPS) is 15.0. The van der Waals surface area contributed by atoms with Gasteiger partial charge in [0.15, 0.2) is 5.82 Å². The van der Waals surface area contributed by atoms with E-state index >= 15 is 0 Å². The Labute approximate surface area is 186 Å². The second-order valence-electron chi connectivity index (χ2n) is 7.82. The molecule has 176 valence electrons. The quantitative estimate of drug-likeness (QED) is 0.445. The number of benzene rings is 2. The molecule has 33 heavy (non-hydrogen) atoms. The minimum atomic E-state index is -4.58. The molecule has 0 saturated carbocycles. The fraction of sp³-hybridized carbons (Fsp3) is 0.381. The maximum atomic E-state index is 13.9. The predicted molar refractivity (Wildman–Crippen MR) is 113 cm³/mol. The van der Waals surface area contributed by atoms with E-state index in [-0.39, 0.29) is 34.2 Å². The number of hydrogen-bond acceptors (Lipinski definition) is 5. The van der Waals surface area contributed by atoms with E-state index in [2.05, 4.69) is 4.98 Å². The molecule has 2 N–H and O–H groups in total. The van der Waals surface area contributed by atoms with Crippen LogP contribution in [0.1, 0.15) is 28.9 Å². The summed E-state index contributed by atoms with van der Waals surface area (Å²) in [6, 6.07) is 6.68.